The molecule has 180 valence electrons. The lowest BCUT2D eigenvalue weighted by Gasteiger charge is -2.36. The Morgan fingerprint density at radius 1 is 0.824 bits per heavy atom. The fraction of sp³-hybridized carbons (Fsp3) is 0.269. The number of benzene rings is 3. The summed E-state index contributed by atoms with van der Waals surface area (Å²) >= 11 is 0. The summed E-state index contributed by atoms with van der Waals surface area (Å²) in [4.78, 5) is 15.0. The predicted molar refractivity (Wildman–Crippen MR) is 122 cm³/mol. The van der Waals surface area contributed by atoms with Crippen LogP contribution < -0.4 is 0 Å². The zero-order valence-corrected chi connectivity index (χ0v) is 18.9. The number of piperidine rings is 1. The zero-order chi connectivity index (χ0) is 23.6. The molecule has 0 aliphatic carbocycles. The Morgan fingerprint density at radius 2 is 1.32 bits per heavy atom. The van der Waals surface area contributed by atoms with Crippen LogP contribution in [0.1, 0.15) is 34.6 Å². The first-order valence-electron chi connectivity index (χ1n) is 10.6. The number of rotatable bonds is 5. The molecule has 3 aromatic rings. The van der Waals surface area contributed by atoms with Gasteiger partial charge in [-0.15, -0.1) is 12.4 Å². The van der Waals surface area contributed by atoms with Gasteiger partial charge in [0.1, 0.15) is 17.4 Å². The van der Waals surface area contributed by atoms with Crippen molar-refractivity contribution in [1.82, 2.24) is 4.90 Å². The van der Waals surface area contributed by atoms with Gasteiger partial charge in [0.25, 0.3) is 0 Å². The summed E-state index contributed by atoms with van der Waals surface area (Å²) in [6.45, 7) is 1.29. The molecule has 0 radical (unpaired) electrons. The molecule has 0 aromatic heterocycles. The number of hydrogen-bond donors (Lipinski definition) is 0. The van der Waals surface area contributed by atoms with Gasteiger partial charge in [-0.1, -0.05) is 36.4 Å². The smallest absolute Gasteiger partial charge is 0.299 e. The monoisotopic (exact) mass is 495 g/mol. The number of likely N-dealkylation sites (tertiary alicyclic amines) is 1. The third-order valence-corrected chi connectivity index (χ3v) is 6.09. The maximum absolute atomic E-state index is 13.5. The second-order valence-corrected chi connectivity index (χ2v) is 8.33. The third-order valence-electron chi connectivity index (χ3n) is 6.09. The van der Waals surface area contributed by atoms with Crippen LogP contribution in [0, 0.1) is 17.6 Å². The molecular formula is C26H23ClF5NO. The van der Waals surface area contributed by atoms with Crippen LogP contribution in [-0.4, -0.2) is 23.8 Å². The van der Waals surface area contributed by atoms with E-state index in [4.69, 9.17) is 0 Å². The first-order valence-corrected chi connectivity index (χ1v) is 10.6. The molecule has 3 aromatic carbocycles. The Balaban J connectivity index is 0.00000324. The molecule has 4 rings (SSSR count). The molecule has 2 nitrogen and oxygen atoms in total. The van der Waals surface area contributed by atoms with Crippen molar-refractivity contribution >= 4 is 18.2 Å². The van der Waals surface area contributed by atoms with Crippen molar-refractivity contribution in [2.75, 3.05) is 13.1 Å². The molecule has 1 atom stereocenters. The summed E-state index contributed by atoms with van der Waals surface area (Å²) in [6.07, 6.45) is -4.09. The molecule has 0 bridgehead atoms. The molecule has 1 aliphatic heterocycles. The lowest BCUT2D eigenvalue weighted by molar-refractivity contribution is -0.137. The Morgan fingerprint density at radius 3 is 1.79 bits per heavy atom. The SMILES string of the molecule is Cl.O=C1CCN(Cc2ccc(C(F)(F)F)cc2)CC1C(c1ccc(F)cc1)c1ccc(F)cc1. The minimum absolute atomic E-state index is 0. The topological polar surface area (TPSA) is 20.3 Å². The number of nitrogens with zero attached hydrogens (tertiary/aromatic N) is 1. The lowest BCUT2D eigenvalue weighted by Crippen LogP contribution is -2.43. The second kappa shape index (κ2) is 10.7. The van der Waals surface area contributed by atoms with E-state index < -0.39 is 35.2 Å². The lowest BCUT2D eigenvalue weighted by atomic mass is 9.76. The molecule has 1 fully saturated rings. The fourth-order valence-corrected chi connectivity index (χ4v) is 4.41. The van der Waals surface area contributed by atoms with Crippen molar-refractivity contribution < 1.29 is 26.7 Å². The third kappa shape index (κ3) is 6.02. The summed E-state index contributed by atoms with van der Waals surface area (Å²) in [5.41, 5.74) is 1.51. The Kier molecular flexibility index (Phi) is 8.10. The minimum Gasteiger partial charge on any atom is -0.299 e. The van der Waals surface area contributed by atoms with Crippen LogP contribution in [0.25, 0.3) is 0 Å². The van der Waals surface area contributed by atoms with Gasteiger partial charge in [-0.2, -0.15) is 13.2 Å². The molecule has 1 heterocycles. The second-order valence-electron chi connectivity index (χ2n) is 8.33. The highest BCUT2D eigenvalue weighted by Crippen LogP contribution is 2.36. The van der Waals surface area contributed by atoms with E-state index >= 15 is 0 Å². The standard InChI is InChI=1S/C26H22F5NO.ClH/c27-21-9-3-18(4-10-21)25(19-5-11-22(28)12-6-19)23-16-32(14-13-24(23)33)15-17-1-7-20(8-2-17)26(29,30)31;/h1-12,23,25H,13-16H2;1H. The minimum atomic E-state index is -4.39. The number of halogens is 6. The maximum Gasteiger partial charge on any atom is 0.416 e. The van der Waals surface area contributed by atoms with Crippen LogP contribution >= 0.6 is 12.4 Å². The van der Waals surface area contributed by atoms with Gasteiger partial charge >= 0.3 is 6.18 Å². The van der Waals surface area contributed by atoms with Crippen molar-refractivity contribution in [3.8, 4) is 0 Å². The van der Waals surface area contributed by atoms with Crippen molar-refractivity contribution in [3.63, 3.8) is 0 Å². The van der Waals surface area contributed by atoms with Crippen molar-refractivity contribution in [2.24, 2.45) is 5.92 Å². The van der Waals surface area contributed by atoms with Gasteiger partial charge in [-0.05, 0) is 53.1 Å². The summed E-state index contributed by atoms with van der Waals surface area (Å²) in [6, 6.07) is 16.9. The molecule has 8 heteroatoms. The molecule has 0 N–H and O–H groups in total. The van der Waals surface area contributed by atoms with Crippen LogP contribution in [-0.2, 0) is 17.5 Å². The number of carbonyl (C=O) groups excluding carboxylic acids is 1. The summed E-state index contributed by atoms with van der Waals surface area (Å²) < 4.78 is 65.6. The first kappa shape index (κ1) is 25.8. The van der Waals surface area contributed by atoms with Crippen molar-refractivity contribution in [2.45, 2.75) is 25.1 Å². The van der Waals surface area contributed by atoms with Gasteiger partial charge < -0.3 is 0 Å². The molecule has 1 unspecified atom stereocenters. The van der Waals surface area contributed by atoms with Gasteiger partial charge in [0.2, 0.25) is 0 Å². The summed E-state index contributed by atoms with van der Waals surface area (Å²) in [7, 11) is 0. The number of ketones is 1. The van der Waals surface area contributed by atoms with E-state index in [-0.39, 0.29) is 18.2 Å². The largest absolute Gasteiger partial charge is 0.416 e. The van der Waals surface area contributed by atoms with E-state index in [2.05, 4.69) is 0 Å². The molecule has 1 saturated heterocycles. The van der Waals surface area contributed by atoms with E-state index in [0.717, 1.165) is 28.8 Å². The highest BCUT2D eigenvalue weighted by atomic mass is 35.5. The van der Waals surface area contributed by atoms with Crippen LogP contribution in [0.5, 0.6) is 0 Å². The highest BCUT2D eigenvalue weighted by molar-refractivity contribution is 5.85. The molecule has 34 heavy (non-hydrogen) atoms. The van der Waals surface area contributed by atoms with Crippen LogP contribution in [0.2, 0.25) is 0 Å². The summed E-state index contributed by atoms with van der Waals surface area (Å²) in [5, 5.41) is 0. The van der Waals surface area contributed by atoms with E-state index in [1.165, 1.54) is 36.4 Å². The quantitative estimate of drug-likeness (QED) is 0.370. The summed E-state index contributed by atoms with van der Waals surface area (Å²) in [5.74, 6) is -1.58. The van der Waals surface area contributed by atoms with E-state index in [9.17, 15) is 26.7 Å². The molecule has 1 aliphatic rings. The zero-order valence-electron chi connectivity index (χ0n) is 18.1. The van der Waals surface area contributed by atoms with Gasteiger partial charge in [0.05, 0.1) is 5.56 Å². The van der Waals surface area contributed by atoms with E-state index in [1.54, 1.807) is 24.3 Å². The first-order chi connectivity index (χ1) is 15.7. The highest BCUT2D eigenvalue weighted by Gasteiger charge is 2.35. The van der Waals surface area contributed by atoms with E-state index in [1.807, 2.05) is 4.90 Å². The Bertz CT molecular complexity index is 1050. The van der Waals surface area contributed by atoms with Crippen LogP contribution in [0.4, 0.5) is 22.0 Å². The Labute approximate surface area is 200 Å². The number of alkyl halides is 3. The van der Waals surface area contributed by atoms with Crippen molar-refractivity contribution in [3.05, 3.63) is 107 Å². The molecule has 0 amide bonds. The average molecular weight is 496 g/mol. The van der Waals surface area contributed by atoms with Crippen LogP contribution in [0.15, 0.2) is 72.8 Å². The Hall–Kier alpha value is -2.77. The number of Topliss-reactive ketones (excluding diaryl/α,β-unsaturated/α-hetero) is 1. The molecule has 0 saturated carbocycles. The van der Waals surface area contributed by atoms with Gasteiger partial charge in [0, 0.05) is 37.9 Å². The van der Waals surface area contributed by atoms with E-state index in [0.29, 0.717) is 26.1 Å². The number of carbonyl (C=O) groups is 1. The molecular weight excluding hydrogens is 473 g/mol. The van der Waals surface area contributed by atoms with Gasteiger partial charge in [0.15, 0.2) is 0 Å². The maximum atomic E-state index is 13.5. The fourth-order valence-electron chi connectivity index (χ4n) is 4.41. The number of hydrogen-bond acceptors (Lipinski definition) is 2. The van der Waals surface area contributed by atoms with Gasteiger partial charge in [-0.25, -0.2) is 8.78 Å². The van der Waals surface area contributed by atoms with Gasteiger partial charge in [-0.3, -0.25) is 9.69 Å². The molecule has 0 spiro atoms. The predicted octanol–water partition coefficient (Wildman–Crippen LogP) is 6.63. The normalized spacial score (nSPS) is 17.0. The van der Waals surface area contributed by atoms with Crippen molar-refractivity contribution in [1.29, 1.82) is 0 Å². The average Bonchev–Trinajstić information content (AvgIpc) is 2.78. The van der Waals surface area contributed by atoms with Crippen LogP contribution in [0.3, 0.4) is 0 Å².